The lowest BCUT2D eigenvalue weighted by Crippen LogP contribution is -2.43. The van der Waals surface area contributed by atoms with E-state index in [1.165, 1.54) is 0 Å². The summed E-state index contributed by atoms with van der Waals surface area (Å²) in [4.78, 5) is 11.5. The maximum Gasteiger partial charge on any atom is 0.237 e. The van der Waals surface area contributed by atoms with Gasteiger partial charge in [-0.3, -0.25) is 4.79 Å². The fourth-order valence-corrected chi connectivity index (χ4v) is 1.53. The van der Waals surface area contributed by atoms with Crippen molar-refractivity contribution in [3.05, 3.63) is 0 Å². The minimum absolute atomic E-state index is 0.156. The molecule has 0 fully saturated rings. The van der Waals surface area contributed by atoms with Crippen LogP contribution in [-0.2, 0) is 4.79 Å². The Hall–Kier alpha value is -0.610. The van der Waals surface area contributed by atoms with Crippen molar-refractivity contribution in [3.8, 4) is 0 Å². The Kier molecular flexibility index (Phi) is 8.21. The number of nitrogens with two attached hydrogens (primary N) is 1. The van der Waals surface area contributed by atoms with E-state index >= 15 is 0 Å². The smallest absolute Gasteiger partial charge is 0.237 e. The molecule has 0 radical (unpaired) electrons. The maximum atomic E-state index is 11.5. The molecule has 0 bridgehead atoms. The van der Waals surface area contributed by atoms with Crippen LogP contribution < -0.4 is 11.1 Å². The van der Waals surface area contributed by atoms with E-state index in [1.807, 2.05) is 13.8 Å². The molecule has 0 aromatic rings. The number of carbonyl (C=O) groups excluding carboxylic acids is 1. The average molecular weight is 230 g/mol. The second kappa shape index (κ2) is 8.53. The molecule has 0 saturated carbocycles. The summed E-state index contributed by atoms with van der Waals surface area (Å²) >= 11 is 0. The molecule has 0 spiro atoms. The second-order valence-electron chi connectivity index (χ2n) is 4.78. The van der Waals surface area contributed by atoms with Crippen LogP contribution in [0.5, 0.6) is 0 Å². The topological polar surface area (TPSA) is 75.4 Å². The van der Waals surface area contributed by atoms with Gasteiger partial charge in [-0.25, -0.2) is 0 Å². The third kappa shape index (κ3) is 7.65. The summed E-state index contributed by atoms with van der Waals surface area (Å²) in [7, 11) is 0. The lowest BCUT2D eigenvalue weighted by atomic mass is 10.1. The Morgan fingerprint density at radius 3 is 2.56 bits per heavy atom. The monoisotopic (exact) mass is 230 g/mol. The number of hydrogen-bond donors (Lipinski definition) is 3. The van der Waals surface area contributed by atoms with Crippen LogP contribution in [-0.4, -0.2) is 29.7 Å². The van der Waals surface area contributed by atoms with Gasteiger partial charge in [0.2, 0.25) is 5.91 Å². The highest BCUT2D eigenvalue weighted by Crippen LogP contribution is 2.03. The molecule has 4 N–H and O–H groups in total. The predicted octanol–water partition coefficient (Wildman–Crippen LogP) is 1.03. The van der Waals surface area contributed by atoms with Gasteiger partial charge in [-0.05, 0) is 18.8 Å². The van der Waals surface area contributed by atoms with Crippen molar-refractivity contribution < 1.29 is 9.90 Å². The molecule has 1 amide bonds. The Balaban J connectivity index is 3.70. The number of hydrogen-bond acceptors (Lipinski definition) is 3. The largest absolute Gasteiger partial charge is 0.391 e. The first-order chi connectivity index (χ1) is 7.47. The van der Waals surface area contributed by atoms with Crippen LogP contribution in [0.25, 0.3) is 0 Å². The lowest BCUT2D eigenvalue weighted by molar-refractivity contribution is -0.123. The number of aliphatic hydroxyl groups excluding tert-OH is 1. The highest BCUT2D eigenvalue weighted by molar-refractivity contribution is 5.81. The molecule has 0 heterocycles. The summed E-state index contributed by atoms with van der Waals surface area (Å²) in [5, 5.41) is 12.3. The highest BCUT2D eigenvalue weighted by Gasteiger charge is 2.14. The van der Waals surface area contributed by atoms with Crippen LogP contribution in [0.1, 0.15) is 46.5 Å². The average Bonchev–Trinajstić information content (AvgIpc) is 2.21. The van der Waals surface area contributed by atoms with Gasteiger partial charge in [0, 0.05) is 6.54 Å². The summed E-state index contributed by atoms with van der Waals surface area (Å²) in [6.45, 7) is 6.45. The Labute approximate surface area is 98.6 Å². The van der Waals surface area contributed by atoms with E-state index in [0.29, 0.717) is 25.3 Å². The minimum Gasteiger partial charge on any atom is -0.391 e. The van der Waals surface area contributed by atoms with Crippen molar-refractivity contribution in [2.45, 2.75) is 58.6 Å². The zero-order chi connectivity index (χ0) is 12.6. The summed E-state index contributed by atoms with van der Waals surface area (Å²) in [6.07, 6.45) is 2.94. The molecule has 2 atom stereocenters. The molecule has 0 saturated heterocycles. The first kappa shape index (κ1) is 15.4. The molecule has 0 rings (SSSR count). The summed E-state index contributed by atoms with van der Waals surface area (Å²) in [5.41, 5.74) is 5.70. The normalized spacial score (nSPS) is 14.9. The fourth-order valence-electron chi connectivity index (χ4n) is 1.53. The zero-order valence-corrected chi connectivity index (χ0v) is 10.7. The van der Waals surface area contributed by atoms with Crippen molar-refractivity contribution in [1.29, 1.82) is 0 Å². The molecule has 0 aromatic heterocycles. The zero-order valence-electron chi connectivity index (χ0n) is 10.7. The van der Waals surface area contributed by atoms with Gasteiger partial charge in [-0.2, -0.15) is 0 Å². The third-order valence-corrected chi connectivity index (χ3v) is 2.46. The van der Waals surface area contributed by atoms with E-state index in [0.717, 1.165) is 12.8 Å². The van der Waals surface area contributed by atoms with Gasteiger partial charge < -0.3 is 16.2 Å². The van der Waals surface area contributed by atoms with Gasteiger partial charge in [0.1, 0.15) is 0 Å². The molecule has 0 aromatic carbocycles. The molecule has 0 aliphatic heterocycles. The number of amides is 1. The first-order valence-corrected chi connectivity index (χ1v) is 6.18. The van der Waals surface area contributed by atoms with E-state index in [2.05, 4.69) is 12.2 Å². The molecule has 96 valence electrons. The lowest BCUT2D eigenvalue weighted by Gasteiger charge is -2.16. The molecule has 0 aliphatic rings. The minimum atomic E-state index is -0.470. The molecular formula is C12H26N2O2. The van der Waals surface area contributed by atoms with Crippen LogP contribution in [0.3, 0.4) is 0 Å². The number of unbranched alkanes of at least 4 members (excludes halogenated alkanes) is 1. The SMILES string of the molecule is CCCCC(N)C(=O)NCC(O)CC(C)C. The van der Waals surface area contributed by atoms with Crippen molar-refractivity contribution in [3.63, 3.8) is 0 Å². The summed E-state index contributed by atoms with van der Waals surface area (Å²) in [5.74, 6) is 0.275. The standard InChI is InChI=1S/C12H26N2O2/c1-4-5-6-11(13)12(16)14-8-10(15)7-9(2)3/h9-11,15H,4-8,13H2,1-3H3,(H,14,16). The Morgan fingerprint density at radius 2 is 2.06 bits per heavy atom. The van der Waals surface area contributed by atoms with E-state index in [9.17, 15) is 9.90 Å². The van der Waals surface area contributed by atoms with E-state index in [-0.39, 0.29) is 5.91 Å². The van der Waals surface area contributed by atoms with Crippen LogP contribution in [0.15, 0.2) is 0 Å². The molecule has 16 heavy (non-hydrogen) atoms. The van der Waals surface area contributed by atoms with Crippen LogP contribution >= 0.6 is 0 Å². The van der Waals surface area contributed by atoms with Gasteiger partial charge in [0.15, 0.2) is 0 Å². The van der Waals surface area contributed by atoms with Crippen molar-refractivity contribution in [1.82, 2.24) is 5.32 Å². The predicted molar refractivity (Wildman–Crippen MR) is 66.0 cm³/mol. The van der Waals surface area contributed by atoms with Crippen molar-refractivity contribution in [2.75, 3.05) is 6.54 Å². The summed E-state index contributed by atoms with van der Waals surface area (Å²) in [6, 6.07) is -0.439. The molecular weight excluding hydrogens is 204 g/mol. The molecule has 2 unspecified atom stereocenters. The van der Waals surface area contributed by atoms with Crippen molar-refractivity contribution >= 4 is 5.91 Å². The highest BCUT2D eigenvalue weighted by atomic mass is 16.3. The van der Waals surface area contributed by atoms with Crippen LogP contribution in [0, 0.1) is 5.92 Å². The number of rotatable bonds is 8. The van der Waals surface area contributed by atoms with Gasteiger partial charge in [-0.1, -0.05) is 33.6 Å². The van der Waals surface area contributed by atoms with Crippen LogP contribution in [0.2, 0.25) is 0 Å². The van der Waals surface area contributed by atoms with E-state index < -0.39 is 12.1 Å². The Bertz CT molecular complexity index is 195. The summed E-state index contributed by atoms with van der Waals surface area (Å²) < 4.78 is 0. The van der Waals surface area contributed by atoms with Gasteiger partial charge in [-0.15, -0.1) is 0 Å². The molecule has 4 heteroatoms. The number of aliphatic hydroxyl groups is 1. The third-order valence-electron chi connectivity index (χ3n) is 2.46. The quantitative estimate of drug-likeness (QED) is 0.583. The van der Waals surface area contributed by atoms with E-state index in [1.54, 1.807) is 0 Å². The molecule has 0 aliphatic carbocycles. The fraction of sp³-hybridized carbons (Fsp3) is 0.917. The number of nitrogens with one attached hydrogen (secondary N) is 1. The van der Waals surface area contributed by atoms with Gasteiger partial charge >= 0.3 is 0 Å². The number of carbonyl (C=O) groups is 1. The van der Waals surface area contributed by atoms with Gasteiger partial charge in [0.05, 0.1) is 12.1 Å². The maximum absolute atomic E-state index is 11.5. The second-order valence-corrected chi connectivity index (χ2v) is 4.78. The van der Waals surface area contributed by atoms with E-state index in [4.69, 9.17) is 5.73 Å². The van der Waals surface area contributed by atoms with Crippen molar-refractivity contribution in [2.24, 2.45) is 11.7 Å². The van der Waals surface area contributed by atoms with Gasteiger partial charge in [0.25, 0.3) is 0 Å². The van der Waals surface area contributed by atoms with Crippen LogP contribution in [0.4, 0.5) is 0 Å². The molecule has 4 nitrogen and oxygen atoms in total. The first-order valence-electron chi connectivity index (χ1n) is 6.18. The Morgan fingerprint density at radius 1 is 1.44 bits per heavy atom.